The van der Waals surface area contributed by atoms with Gasteiger partial charge < -0.3 is 5.32 Å². The summed E-state index contributed by atoms with van der Waals surface area (Å²) in [4.78, 5) is 14.4. The molecule has 2 rings (SSSR count). The highest BCUT2D eigenvalue weighted by Gasteiger charge is 2.22. The Kier molecular flexibility index (Phi) is 5.60. The van der Waals surface area contributed by atoms with Crippen LogP contribution in [0.2, 0.25) is 5.02 Å². The van der Waals surface area contributed by atoms with Gasteiger partial charge in [0.1, 0.15) is 6.07 Å². The van der Waals surface area contributed by atoms with Gasteiger partial charge in [0, 0.05) is 11.1 Å². The second-order valence-electron chi connectivity index (χ2n) is 5.38. The lowest BCUT2D eigenvalue weighted by molar-refractivity contribution is -0.118. The number of halogens is 1. The lowest BCUT2D eigenvalue weighted by atomic mass is 10.00. The Hall–Kier alpha value is -1.57. The fraction of sp³-hybridized carbons (Fsp3) is 0.500. The molecule has 1 heterocycles. The first-order valence-corrected chi connectivity index (χ1v) is 7.75. The lowest BCUT2D eigenvalue weighted by Crippen LogP contribution is -2.43. The number of anilines is 1. The van der Waals surface area contributed by atoms with E-state index >= 15 is 0 Å². The normalized spacial score (nSPS) is 19.0. The number of carbonyl (C=O) groups excluding carboxylic acids is 1. The summed E-state index contributed by atoms with van der Waals surface area (Å²) in [6.07, 6.45) is 4.60. The Balaban J connectivity index is 2.01. The van der Waals surface area contributed by atoms with Gasteiger partial charge in [-0.25, -0.2) is 0 Å². The topological polar surface area (TPSA) is 56.1 Å². The van der Waals surface area contributed by atoms with Crippen molar-refractivity contribution in [1.82, 2.24) is 4.90 Å². The van der Waals surface area contributed by atoms with Crippen molar-refractivity contribution < 1.29 is 4.79 Å². The molecule has 1 aromatic carbocycles. The van der Waals surface area contributed by atoms with E-state index in [0.717, 1.165) is 25.8 Å². The minimum atomic E-state index is -0.0888. The van der Waals surface area contributed by atoms with Gasteiger partial charge in [-0.15, -0.1) is 0 Å². The van der Waals surface area contributed by atoms with E-state index in [0.29, 0.717) is 28.9 Å². The molecule has 112 valence electrons. The summed E-state index contributed by atoms with van der Waals surface area (Å²) < 4.78 is 0. The summed E-state index contributed by atoms with van der Waals surface area (Å²) in [6, 6.07) is 7.43. The standard InChI is InChI=1S/C16H20ClN3O/c1-2-14-5-3-4-8-20(14)11-16(21)19-15-9-13(17)7-6-12(15)10-18/h6-7,9,14H,2-5,8,11H2,1H3,(H,19,21). The Bertz CT molecular complexity index is 553. The maximum Gasteiger partial charge on any atom is 0.238 e. The van der Waals surface area contributed by atoms with Gasteiger partial charge in [0.2, 0.25) is 5.91 Å². The molecule has 5 heteroatoms. The van der Waals surface area contributed by atoms with Crippen molar-refractivity contribution in [2.24, 2.45) is 0 Å². The minimum absolute atomic E-state index is 0.0888. The number of carbonyl (C=O) groups is 1. The largest absolute Gasteiger partial charge is 0.324 e. The van der Waals surface area contributed by atoms with Crippen LogP contribution in [-0.2, 0) is 4.79 Å². The maximum atomic E-state index is 12.2. The molecule has 0 spiro atoms. The number of nitrogens with one attached hydrogen (secondary N) is 1. The van der Waals surface area contributed by atoms with Gasteiger partial charge in [-0.05, 0) is 44.0 Å². The number of likely N-dealkylation sites (tertiary alicyclic amines) is 1. The number of benzene rings is 1. The molecule has 0 bridgehead atoms. The van der Waals surface area contributed by atoms with Crippen molar-refractivity contribution >= 4 is 23.2 Å². The van der Waals surface area contributed by atoms with E-state index in [9.17, 15) is 4.79 Å². The van der Waals surface area contributed by atoms with Crippen molar-refractivity contribution in [2.45, 2.75) is 38.6 Å². The quantitative estimate of drug-likeness (QED) is 0.927. The molecule has 1 aliphatic heterocycles. The molecule has 21 heavy (non-hydrogen) atoms. The molecule has 0 aromatic heterocycles. The number of hydrogen-bond donors (Lipinski definition) is 1. The number of hydrogen-bond acceptors (Lipinski definition) is 3. The van der Waals surface area contributed by atoms with Crippen molar-refractivity contribution in [3.05, 3.63) is 28.8 Å². The first-order valence-electron chi connectivity index (χ1n) is 7.37. The average molecular weight is 306 g/mol. The fourth-order valence-corrected chi connectivity index (χ4v) is 2.99. The van der Waals surface area contributed by atoms with E-state index in [1.807, 2.05) is 0 Å². The van der Waals surface area contributed by atoms with Gasteiger partial charge in [-0.1, -0.05) is 24.9 Å². The monoisotopic (exact) mass is 305 g/mol. The predicted molar refractivity (Wildman–Crippen MR) is 84.3 cm³/mol. The molecular formula is C16H20ClN3O. The van der Waals surface area contributed by atoms with Crippen molar-refractivity contribution in [2.75, 3.05) is 18.4 Å². The van der Waals surface area contributed by atoms with Crippen LogP contribution >= 0.6 is 11.6 Å². The fourth-order valence-electron chi connectivity index (χ4n) is 2.82. The second kappa shape index (κ2) is 7.44. The van der Waals surface area contributed by atoms with Crippen molar-refractivity contribution in [3.63, 3.8) is 0 Å². The van der Waals surface area contributed by atoms with E-state index < -0.39 is 0 Å². The van der Waals surface area contributed by atoms with E-state index in [-0.39, 0.29) is 5.91 Å². The Morgan fingerprint density at radius 3 is 3.05 bits per heavy atom. The van der Waals surface area contributed by atoms with Gasteiger partial charge in [-0.3, -0.25) is 9.69 Å². The predicted octanol–water partition coefficient (Wildman–Crippen LogP) is 3.41. The third-order valence-corrected chi connectivity index (χ3v) is 4.18. The van der Waals surface area contributed by atoms with Gasteiger partial charge in [-0.2, -0.15) is 5.26 Å². The smallest absolute Gasteiger partial charge is 0.238 e. The van der Waals surface area contributed by atoms with Gasteiger partial charge in [0.05, 0.1) is 17.8 Å². The third kappa shape index (κ3) is 4.20. The molecule has 0 radical (unpaired) electrons. The van der Waals surface area contributed by atoms with Gasteiger partial charge in [0.25, 0.3) is 0 Å². The van der Waals surface area contributed by atoms with Crippen LogP contribution in [0, 0.1) is 11.3 Å². The maximum absolute atomic E-state index is 12.2. The molecule has 1 aromatic rings. The molecule has 0 aliphatic carbocycles. The van der Waals surface area contributed by atoms with E-state index in [1.54, 1.807) is 18.2 Å². The average Bonchev–Trinajstić information content (AvgIpc) is 2.48. The summed E-state index contributed by atoms with van der Waals surface area (Å²) in [5, 5.41) is 12.4. The summed E-state index contributed by atoms with van der Waals surface area (Å²) in [5.74, 6) is -0.0888. The van der Waals surface area contributed by atoms with Crippen LogP contribution in [0.5, 0.6) is 0 Å². The number of nitriles is 1. The zero-order valence-electron chi connectivity index (χ0n) is 12.2. The first-order chi connectivity index (χ1) is 10.1. The number of piperidine rings is 1. The molecule has 1 N–H and O–H groups in total. The minimum Gasteiger partial charge on any atom is -0.324 e. The SMILES string of the molecule is CCC1CCCCN1CC(=O)Nc1cc(Cl)ccc1C#N. The Morgan fingerprint density at radius 2 is 2.33 bits per heavy atom. The lowest BCUT2D eigenvalue weighted by Gasteiger charge is -2.34. The highest BCUT2D eigenvalue weighted by atomic mass is 35.5. The van der Waals surface area contributed by atoms with E-state index in [4.69, 9.17) is 16.9 Å². The molecule has 0 saturated carbocycles. The van der Waals surface area contributed by atoms with Crippen LogP contribution in [0.4, 0.5) is 5.69 Å². The van der Waals surface area contributed by atoms with E-state index in [1.165, 1.54) is 6.42 Å². The van der Waals surface area contributed by atoms with Crippen LogP contribution in [0.25, 0.3) is 0 Å². The number of nitrogens with zero attached hydrogens (tertiary/aromatic N) is 2. The molecular weight excluding hydrogens is 286 g/mol. The van der Waals surface area contributed by atoms with Crippen LogP contribution in [0.15, 0.2) is 18.2 Å². The van der Waals surface area contributed by atoms with Crippen molar-refractivity contribution in [3.8, 4) is 6.07 Å². The van der Waals surface area contributed by atoms with Crippen LogP contribution in [-0.4, -0.2) is 29.9 Å². The highest BCUT2D eigenvalue weighted by molar-refractivity contribution is 6.31. The summed E-state index contributed by atoms with van der Waals surface area (Å²) in [7, 11) is 0. The molecule has 1 saturated heterocycles. The van der Waals surface area contributed by atoms with E-state index in [2.05, 4.69) is 23.2 Å². The molecule has 1 fully saturated rings. The Labute approximate surface area is 130 Å². The number of amides is 1. The van der Waals surface area contributed by atoms with Crippen LogP contribution < -0.4 is 5.32 Å². The van der Waals surface area contributed by atoms with Crippen LogP contribution in [0.1, 0.15) is 38.2 Å². The molecule has 1 unspecified atom stereocenters. The zero-order valence-corrected chi connectivity index (χ0v) is 13.0. The van der Waals surface area contributed by atoms with Gasteiger partial charge in [0.15, 0.2) is 0 Å². The molecule has 1 atom stereocenters. The number of rotatable bonds is 4. The highest BCUT2D eigenvalue weighted by Crippen LogP contribution is 2.22. The van der Waals surface area contributed by atoms with Crippen molar-refractivity contribution in [1.29, 1.82) is 5.26 Å². The summed E-state index contributed by atoms with van der Waals surface area (Å²) in [6.45, 7) is 3.49. The zero-order chi connectivity index (χ0) is 15.2. The molecule has 4 nitrogen and oxygen atoms in total. The second-order valence-corrected chi connectivity index (χ2v) is 5.81. The third-order valence-electron chi connectivity index (χ3n) is 3.94. The van der Waals surface area contributed by atoms with Crippen LogP contribution in [0.3, 0.4) is 0 Å². The summed E-state index contributed by atoms with van der Waals surface area (Å²) in [5.41, 5.74) is 0.915. The van der Waals surface area contributed by atoms with Gasteiger partial charge >= 0.3 is 0 Å². The molecule has 1 aliphatic rings. The first kappa shape index (κ1) is 15.8. The molecule has 1 amide bonds. The summed E-state index contributed by atoms with van der Waals surface area (Å²) >= 11 is 5.92. The Morgan fingerprint density at radius 1 is 1.52 bits per heavy atom.